The van der Waals surface area contributed by atoms with Gasteiger partial charge in [0, 0.05) is 18.3 Å². The van der Waals surface area contributed by atoms with Gasteiger partial charge in [-0.15, -0.1) is 24.8 Å². The summed E-state index contributed by atoms with van der Waals surface area (Å²) in [4.78, 5) is 2.22. The molecule has 1 fully saturated rings. The van der Waals surface area contributed by atoms with Gasteiger partial charge in [-0.05, 0) is 46.4 Å². The van der Waals surface area contributed by atoms with E-state index in [0.717, 1.165) is 19.6 Å². The number of hydrogen-bond donors (Lipinski definition) is 1. The molecule has 0 bridgehead atoms. The average molecular weight is 323 g/mol. The average Bonchev–Trinajstić information content (AvgIpc) is 2.98. The molecule has 20 heavy (non-hydrogen) atoms. The van der Waals surface area contributed by atoms with Crippen molar-refractivity contribution in [3.63, 3.8) is 0 Å². The number of hydrogen-bond acceptors (Lipinski definition) is 3. The van der Waals surface area contributed by atoms with E-state index < -0.39 is 0 Å². The van der Waals surface area contributed by atoms with Crippen molar-refractivity contribution in [2.75, 3.05) is 27.2 Å². The van der Waals surface area contributed by atoms with Crippen molar-refractivity contribution in [2.24, 2.45) is 0 Å². The van der Waals surface area contributed by atoms with Crippen LogP contribution in [0.15, 0.2) is 12.4 Å². The van der Waals surface area contributed by atoms with E-state index in [1.54, 1.807) is 0 Å². The standard InChI is InChI=1S/C14H26N4.2ClH/c1-17(2)9-5-8-15-10-13-11-16-18(12-13)14-6-3-4-7-14;;/h11-12,14-15H,3-10H2,1-2H3;2*1H. The third-order valence-corrected chi connectivity index (χ3v) is 3.64. The van der Waals surface area contributed by atoms with Gasteiger partial charge in [-0.3, -0.25) is 4.68 Å². The second-order valence-electron chi connectivity index (χ2n) is 5.60. The number of rotatable bonds is 7. The lowest BCUT2D eigenvalue weighted by molar-refractivity contribution is 0.394. The summed E-state index contributed by atoms with van der Waals surface area (Å²) in [6.45, 7) is 3.17. The van der Waals surface area contributed by atoms with Gasteiger partial charge < -0.3 is 10.2 Å². The molecule has 0 atom stereocenters. The summed E-state index contributed by atoms with van der Waals surface area (Å²) in [5.74, 6) is 0. The number of nitrogens with one attached hydrogen (secondary N) is 1. The van der Waals surface area contributed by atoms with Crippen molar-refractivity contribution in [1.82, 2.24) is 20.0 Å². The molecule has 0 amide bonds. The van der Waals surface area contributed by atoms with Crippen LogP contribution in [0.3, 0.4) is 0 Å². The van der Waals surface area contributed by atoms with Crippen LogP contribution in [0.2, 0.25) is 0 Å². The van der Waals surface area contributed by atoms with Gasteiger partial charge in [0.1, 0.15) is 0 Å². The molecule has 0 saturated heterocycles. The third-order valence-electron chi connectivity index (χ3n) is 3.64. The van der Waals surface area contributed by atoms with E-state index in [9.17, 15) is 0 Å². The van der Waals surface area contributed by atoms with E-state index in [2.05, 4.69) is 40.3 Å². The quantitative estimate of drug-likeness (QED) is 0.783. The number of aromatic nitrogens is 2. The Morgan fingerprint density at radius 2 is 2.00 bits per heavy atom. The molecule has 6 heteroatoms. The topological polar surface area (TPSA) is 33.1 Å². The largest absolute Gasteiger partial charge is 0.313 e. The van der Waals surface area contributed by atoms with Gasteiger partial charge in [-0.25, -0.2) is 0 Å². The Morgan fingerprint density at radius 1 is 1.30 bits per heavy atom. The smallest absolute Gasteiger partial charge is 0.0534 e. The molecular weight excluding hydrogens is 295 g/mol. The third kappa shape index (κ3) is 6.44. The van der Waals surface area contributed by atoms with Gasteiger partial charge in [0.15, 0.2) is 0 Å². The molecule has 0 aliphatic heterocycles. The molecule has 0 radical (unpaired) electrons. The first-order chi connectivity index (χ1) is 8.75. The minimum atomic E-state index is 0. The Morgan fingerprint density at radius 3 is 2.65 bits per heavy atom. The minimum Gasteiger partial charge on any atom is -0.313 e. The summed E-state index contributed by atoms with van der Waals surface area (Å²) in [7, 11) is 4.23. The van der Waals surface area contributed by atoms with Gasteiger partial charge in [0.25, 0.3) is 0 Å². The van der Waals surface area contributed by atoms with E-state index in [0.29, 0.717) is 6.04 Å². The van der Waals surface area contributed by atoms with Gasteiger partial charge in [0.05, 0.1) is 12.2 Å². The van der Waals surface area contributed by atoms with Crippen molar-refractivity contribution >= 4 is 24.8 Å². The van der Waals surface area contributed by atoms with Crippen LogP contribution in [-0.4, -0.2) is 41.9 Å². The Labute approximate surface area is 135 Å². The molecule has 1 N–H and O–H groups in total. The zero-order valence-electron chi connectivity index (χ0n) is 12.5. The van der Waals surface area contributed by atoms with Crippen molar-refractivity contribution in [1.29, 1.82) is 0 Å². The Balaban J connectivity index is 0.00000180. The van der Waals surface area contributed by atoms with Crippen molar-refractivity contribution in [3.8, 4) is 0 Å². The zero-order valence-corrected chi connectivity index (χ0v) is 14.2. The highest BCUT2D eigenvalue weighted by molar-refractivity contribution is 5.85. The maximum absolute atomic E-state index is 4.49. The fraction of sp³-hybridized carbons (Fsp3) is 0.786. The molecule has 1 heterocycles. The van der Waals surface area contributed by atoms with Crippen LogP contribution in [0.4, 0.5) is 0 Å². The van der Waals surface area contributed by atoms with Crippen LogP contribution in [0.1, 0.15) is 43.7 Å². The van der Waals surface area contributed by atoms with Gasteiger partial charge in [-0.2, -0.15) is 5.10 Å². The molecule has 4 nitrogen and oxygen atoms in total. The molecule has 1 aromatic rings. The molecule has 0 spiro atoms. The predicted molar refractivity (Wildman–Crippen MR) is 89.1 cm³/mol. The normalized spacial score (nSPS) is 15.2. The van der Waals surface area contributed by atoms with E-state index in [-0.39, 0.29) is 24.8 Å². The highest BCUT2D eigenvalue weighted by Crippen LogP contribution is 2.28. The maximum atomic E-state index is 4.49. The summed E-state index contributed by atoms with van der Waals surface area (Å²) in [5, 5.41) is 7.97. The fourth-order valence-corrected chi connectivity index (χ4v) is 2.59. The van der Waals surface area contributed by atoms with Gasteiger partial charge in [0.2, 0.25) is 0 Å². The van der Waals surface area contributed by atoms with E-state index in [1.807, 2.05) is 6.20 Å². The Kier molecular flexibility index (Phi) is 10.3. The van der Waals surface area contributed by atoms with Crippen molar-refractivity contribution < 1.29 is 0 Å². The molecule has 118 valence electrons. The van der Waals surface area contributed by atoms with Gasteiger partial charge in [-0.1, -0.05) is 12.8 Å². The Bertz CT molecular complexity index is 349. The first-order valence-corrected chi connectivity index (χ1v) is 7.14. The van der Waals surface area contributed by atoms with Crippen molar-refractivity contribution in [3.05, 3.63) is 18.0 Å². The van der Waals surface area contributed by atoms with Crippen LogP contribution in [0, 0.1) is 0 Å². The first-order valence-electron chi connectivity index (χ1n) is 7.14. The summed E-state index contributed by atoms with van der Waals surface area (Å²) in [6, 6.07) is 0.660. The molecule has 2 rings (SSSR count). The molecule has 0 aromatic carbocycles. The lowest BCUT2D eigenvalue weighted by Crippen LogP contribution is -2.20. The number of nitrogens with zero attached hydrogens (tertiary/aromatic N) is 3. The summed E-state index contributed by atoms with van der Waals surface area (Å²) < 4.78 is 2.17. The van der Waals surface area contributed by atoms with Crippen LogP contribution < -0.4 is 5.32 Å². The Hall–Kier alpha value is -0.290. The van der Waals surface area contributed by atoms with E-state index >= 15 is 0 Å². The molecule has 1 aliphatic rings. The zero-order chi connectivity index (χ0) is 12.8. The van der Waals surface area contributed by atoms with E-state index in [1.165, 1.54) is 37.7 Å². The molecule has 1 aliphatic carbocycles. The first kappa shape index (κ1) is 19.7. The summed E-state index contributed by atoms with van der Waals surface area (Å²) in [5.41, 5.74) is 1.31. The summed E-state index contributed by atoms with van der Waals surface area (Å²) >= 11 is 0. The molecule has 1 aromatic heterocycles. The van der Waals surface area contributed by atoms with Crippen LogP contribution in [-0.2, 0) is 6.54 Å². The second-order valence-corrected chi connectivity index (χ2v) is 5.60. The fourth-order valence-electron chi connectivity index (χ4n) is 2.59. The molecule has 1 saturated carbocycles. The van der Waals surface area contributed by atoms with Crippen LogP contribution >= 0.6 is 24.8 Å². The molecule has 0 unspecified atom stereocenters. The SMILES string of the molecule is CN(C)CCCNCc1cnn(C2CCCC2)c1.Cl.Cl. The highest BCUT2D eigenvalue weighted by Gasteiger charge is 2.17. The lowest BCUT2D eigenvalue weighted by Gasteiger charge is -2.09. The van der Waals surface area contributed by atoms with E-state index in [4.69, 9.17) is 0 Å². The van der Waals surface area contributed by atoms with Crippen LogP contribution in [0.25, 0.3) is 0 Å². The lowest BCUT2D eigenvalue weighted by atomic mass is 10.2. The predicted octanol–water partition coefficient (Wildman–Crippen LogP) is 2.88. The number of halogens is 2. The second kappa shape index (κ2) is 10.4. The summed E-state index contributed by atoms with van der Waals surface area (Å²) in [6.07, 6.45) is 10.8. The molecular formula is C14H28Cl2N4. The maximum Gasteiger partial charge on any atom is 0.0534 e. The highest BCUT2D eigenvalue weighted by atomic mass is 35.5. The minimum absolute atomic E-state index is 0. The monoisotopic (exact) mass is 322 g/mol. The van der Waals surface area contributed by atoms with Crippen LogP contribution in [0.5, 0.6) is 0 Å². The van der Waals surface area contributed by atoms with Gasteiger partial charge >= 0.3 is 0 Å². The van der Waals surface area contributed by atoms with Crippen molar-refractivity contribution in [2.45, 2.75) is 44.7 Å².